The first-order chi connectivity index (χ1) is 13.3. The van der Waals surface area contributed by atoms with Crippen molar-refractivity contribution in [3.05, 3.63) is 57.3 Å². The van der Waals surface area contributed by atoms with Gasteiger partial charge in [0.2, 0.25) is 11.6 Å². The fraction of sp³-hybridized carbons (Fsp3) is 0.300. The van der Waals surface area contributed by atoms with Crippen LogP contribution in [-0.4, -0.2) is 28.0 Å². The standard InChI is InChI=1S/C20H21N3O5/c1-5-27-20(26)15-13(4)28-18-16(15)19(25)23(10-21-18)9-14(24)22-17-11(2)7-6-8-12(17)3/h6-8,10H,5,9H2,1-4H3,(H,22,24). The van der Waals surface area contributed by atoms with Gasteiger partial charge in [-0.1, -0.05) is 18.2 Å². The number of hydrogen-bond donors (Lipinski definition) is 1. The van der Waals surface area contributed by atoms with Crippen LogP contribution in [-0.2, 0) is 16.1 Å². The van der Waals surface area contributed by atoms with Crippen molar-refractivity contribution in [1.29, 1.82) is 0 Å². The highest BCUT2D eigenvalue weighted by atomic mass is 16.5. The van der Waals surface area contributed by atoms with Gasteiger partial charge < -0.3 is 14.5 Å². The summed E-state index contributed by atoms with van der Waals surface area (Å²) in [7, 11) is 0. The normalized spacial score (nSPS) is 10.9. The van der Waals surface area contributed by atoms with Crippen LogP contribution in [0.4, 0.5) is 5.69 Å². The maximum Gasteiger partial charge on any atom is 0.342 e. The average Bonchev–Trinajstić information content (AvgIpc) is 2.98. The summed E-state index contributed by atoms with van der Waals surface area (Å²) in [6.07, 6.45) is 1.23. The van der Waals surface area contributed by atoms with E-state index in [4.69, 9.17) is 9.15 Å². The molecule has 8 nitrogen and oxygen atoms in total. The number of fused-ring (bicyclic) bond motifs is 1. The fourth-order valence-corrected chi connectivity index (χ4v) is 3.04. The smallest absolute Gasteiger partial charge is 0.342 e. The largest absolute Gasteiger partial charge is 0.462 e. The summed E-state index contributed by atoms with van der Waals surface area (Å²) < 4.78 is 11.6. The third-order valence-electron chi connectivity index (χ3n) is 4.39. The highest BCUT2D eigenvalue weighted by Crippen LogP contribution is 2.22. The van der Waals surface area contributed by atoms with Crippen molar-refractivity contribution < 1.29 is 18.7 Å². The van der Waals surface area contributed by atoms with Gasteiger partial charge >= 0.3 is 5.97 Å². The van der Waals surface area contributed by atoms with Crippen LogP contribution in [0.3, 0.4) is 0 Å². The van der Waals surface area contributed by atoms with E-state index in [9.17, 15) is 14.4 Å². The van der Waals surface area contributed by atoms with Gasteiger partial charge in [-0.3, -0.25) is 14.2 Å². The number of aromatic nitrogens is 2. The van der Waals surface area contributed by atoms with Gasteiger partial charge in [-0.25, -0.2) is 9.78 Å². The molecule has 0 spiro atoms. The highest BCUT2D eigenvalue weighted by Gasteiger charge is 2.24. The van der Waals surface area contributed by atoms with Gasteiger partial charge in [0.1, 0.15) is 29.6 Å². The summed E-state index contributed by atoms with van der Waals surface area (Å²) in [5.41, 5.74) is 2.09. The van der Waals surface area contributed by atoms with Crippen LogP contribution in [0.15, 0.2) is 33.7 Å². The van der Waals surface area contributed by atoms with Crippen LogP contribution in [0.1, 0.15) is 34.2 Å². The van der Waals surface area contributed by atoms with Gasteiger partial charge in [-0.05, 0) is 38.8 Å². The lowest BCUT2D eigenvalue weighted by Crippen LogP contribution is -2.28. The lowest BCUT2D eigenvalue weighted by molar-refractivity contribution is -0.116. The van der Waals surface area contributed by atoms with E-state index in [1.165, 1.54) is 6.33 Å². The first-order valence-corrected chi connectivity index (χ1v) is 8.85. The summed E-state index contributed by atoms with van der Waals surface area (Å²) in [4.78, 5) is 41.6. The van der Waals surface area contributed by atoms with Crippen LogP contribution in [0.2, 0.25) is 0 Å². The van der Waals surface area contributed by atoms with Crippen molar-refractivity contribution in [2.24, 2.45) is 0 Å². The molecule has 2 heterocycles. The van der Waals surface area contributed by atoms with Crippen molar-refractivity contribution in [2.75, 3.05) is 11.9 Å². The number of anilines is 1. The van der Waals surface area contributed by atoms with Gasteiger partial charge in [0.05, 0.1) is 6.61 Å². The van der Waals surface area contributed by atoms with Gasteiger partial charge in [0, 0.05) is 5.69 Å². The van der Waals surface area contributed by atoms with Crippen LogP contribution in [0, 0.1) is 20.8 Å². The van der Waals surface area contributed by atoms with E-state index in [1.807, 2.05) is 32.0 Å². The molecule has 2 aromatic heterocycles. The molecule has 28 heavy (non-hydrogen) atoms. The van der Waals surface area contributed by atoms with Crippen LogP contribution >= 0.6 is 0 Å². The number of benzene rings is 1. The molecule has 0 aliphatic rings. The lowest BCUT2D eigenvalue weighted by Gasteiger charge is -2.12. The third kappa shape index (κ3) is 3.53. The second-order valence-electron chi connectivity index (χ2n) is 6.43. The minimum atomic E-state index is -0.657. The highest BCUT2D eigenvalue weighted by molar-refractivity contribution is 6.03. The predicted molar refractivity (Wildman–Crippen MR) is 104 cm³/mol. The van der Waals surface area contributed by atoms with E-state index in [0.29, 0.717) is 5.69 Å². The first-order valence-electron chi connectivity index (χ1n) is 8.85. The van der Waals surface area contributed by atoms with Crippen molar-refractivity contribution in [1.82, 2.24) is 9.55 Å². The summed E-state index contributed by atoms with van der Waals surface area (Å²) in [6, 6.07) is 5.69. The molecule has 3 aromatic rings. The van der Waals surface area contributed by atoms with E-state index in [2.05, 4.69) is 10.3 Å². The van der Waals surface area contributed by atoms with Crippen LogP contribution in [0.5, 0.6) is 0 Å². The third-order valence-corrected chi connectivity index (χ3v) is 4.39. The van der Waals surface area contributed by atoms with Gasteiger partial charge in [-0.2, -0.15) is 0 Å². The number of hydrogen-bond acceptors (Lipinski definition) is 6. The Morgan fingerprint density at radius 1 is 1.21 bits per heavy atom. The molecule has 0 saturated heterocycles. The Bertz CT molecular complexity index is 1110. The van der Waals surface area contributed by atoms with E-state index < -0.39 is 11.5 Å². The number of ether oxygens (including phenoxy) is 1. The minimum Gasteiger partial charge on any atom is -0.462 e. The zero-order chi connectivity index (χ0) is 20.4. The number of nitrogens with zero attached hydrogens (tertiary/aromatic N) is 2. The van der Waals surface area contributed by atoms with Crippen LogP contribution in [0.25, 0.3) is 11.1 Å². The van der Waals surface area contributed by atoms with Gasteiger partial charge in [0.15, 0.2) is 0 Å². The monoisotopic (exact) mass is 383 g/mol. The molecule has 1 aromatic carbocycles. The number of aryl methyl sites for hydroxylation is 3. The summed E-state index contributed by atoms with van der Waals surface area (Å²) in [5.74, 6) is -0.787. The molecule has 8 heteroatoms. The van der Waals surface area contributed by atoms with Gasteiger partial charge in [0.25, 0.3) is 5.56 Å². The molecule has 1 amide bonds. The van der Waals surface area contributed by atoms with Crippen molar-refractivity contribution >= 4 is 28.7 Å². The number of rotatable bonds is 5. The molecule has 0 atom stereocenters. The average molecular weight is 383 g/mol. The number of carbonyl (C=O) groups excluding carboxylic acids is 2. The summed E-state index contributed by atoms with van der Waals surface area (Å²) in [5, 5.41) is 2.84. The second-order valence-corrected chi connectivity index (χ2v) is 6.43. The van der Waals surface area contributed by atoms with E-state index in [-0.39, 0.29) is 41.5 Å². The van der Waals surface area contributed by atoms with E-state index in [0.717, 1.165) is 15.7 Å². The molecule has 0 fully saturated rings. The molecule has 3 rings (SSSR count). The Morgan fingerprint density at radius 2 is 1.89 bits per heavy atom. The summed E-state index contributed by atoms with van der Waals surface area (Å²) in [6.45, 7) is 6.93. The molecule has 0 radical (unpaired) electrons. The Morgan fingerprint density at radius 3 is 2.54 bits per heavy atom. The number of esters is 1. The molecule has 0 saturated carbocycles. The Hall–Kier alpha value is -3.42. The molecule has 0 aliphatic carbocycles. The zero-order valence-corrected chi connectivity index (χ0v) is 16.2. The predicted octanol–water partition coefficient (Wildman–Crippen LogP) is 2.73. The Balaban J connectivity index is 1.95. The quantitative estimate of drug-likeness (QED) is 0.680. The summed E-state index contributed by atoms with van der Waals surface area (Å²) >= 11 is 0. The van der Waals surface area contributed by atoms with Gasteiger partial charge in [-0.15, -0.1) is 0 Å². The Kier molecular flexibility index (Phi) is 5.30. The zero-order valence-electron chi connectivity index (χ0n) is 16.2. The molecular formula is C20H21N3O5. The SMILES string of the molecule is CCOC(=O)c1c(C)oc2ncn(CC(=O)Nc3c(C)cccc3C)c(=O)c12. The van der Waals surface area contributed by atoms with Crippen LogP contribution < -0.4 is 10.9 Å². The van der Waals surface area contributed by atoms with E-state index in [1.54, 1.807) is 13.8 Å². The molecule has 0 unspecified atom stereocenters. The van der Waals surface area contributed by atoms with Crippen molar-refractivity contribution in [3.63, 3.8) is 0 Å². The molecule has 146 valence electrons. The van der Waals surface area contributed by atoms with E-state index >= 15 is 0 Å². The Labute approximate surface area is 161 Å². The topological polar surface area (TPSA) is 103 Å². The molecule has 0 bridgehead atoms. The second kappa shape index (κ2) is 7.67. The number of para-hydroxylation sites is 1. The van der Waals surface area contributed by atoms with Crippen molar-refractivity contribution in [3.8, 4) is 0 Å². The minimum absolute atomic E-state index is 0.0123. The molecule has 0 aliphatic heterocycles. The fourth-order valence-electron chi connectivity index (χ4n) is 3.04. The lowest BCUT2D eigenvalue weighted by atomic mass is 10.1. The maximum absolute atomic E-state index is 12.9. The molecular weight excluding hydrogens is 362 g/mol. The molecule has 1 N–H and O–H groups in total. The first kappa shape index (κ1) is 19.3. The number of carbonyl (C=O) groups is 2. The number of furan rings is 1. The van der Waals surface area contributed by atoms with Crippen molar-refractivity contribution in [2.45, 2.75) is 34.2 Å². The number of amides is 1. The maximum atomic E-state index is 12.9. The number of nitrogens with one attached hydrogen (secondary N) is 1.